The van der Waals surface area contributed by atoms with Crippen molar-refractivity contribution >= 4 is 39.9 Å². The standard InChI is InChI=1S/C8H10Cl2N2OS/c1-3-14(13)12-7-5(2)4-6(9)11-8(7)10/h4,12H,3H2,1-2H3. The minimum absolute atomic E-state index is 0.247. The van der Waals surface area contributed by atoms with E-state index in [9.17, 15) is 4.21 Å². The van der Waals surface area contributed by atoms with Crippen molar-refractivity contribution < 1.29 is 4.21 Å². The summed E-state index contributed by atoms with van der Waals surface area (Å²) in [7, 11) is -1.12. The number of aryl methyl sites for hydroxylation is 1. The van der Waals surface area contributed by atoms with Crippen LogP contribution in [0.15, 0.2) is 6.07 Å². The fourth-order valence-electron chi connectivity index (χ4n) is 0.904. The molecule has 1 aromatic heterocycles. The fraction of sp³-hybridized carbons (Fsp3) is 0.375. The van der Waals surface area contributed by atoms with E-state index in [0.29, 0.717) is 16.6 Å². The van der Waals surface area contributed by atoms with Crippen molar-refractivity contribution in [2.75, 3.05) is 10.5 Å². The Morgan fingerprint density at radius 1 is 1.57 bits per heavy atom. The van der Waals surface area contributed by atoms with Gasteiger partial charge in [-0.1, -0.05) is 30.1 Å². The van der Waals surface area contributed by atoms with E-state index in [1.54, 1.807) is 6.07 Å². The Hall–Kier alpha value is -0.320. The van der Waals surface area contributed by atoms with Crippen LogP contribution in [-0.4, -0.2) is 14.9 Å². The second kappa shape index (κ2) is 4.96. The van der Waals surface area contributed by atoms with E-state index in [-0.39, 0.29) is 5.15 Å². The fourth-order valence-corrected chi connectivity index (χ4v) is 2.17. The Labute approximate surface area is 95.4 Å². The summed E-state index contributed by atoms with van der Waals surface area (Å²) in [6.45, 7) is 3.64. The molecule has 0 aliphatic rings. The zero-order chi connectivity index (χ0) is 10.7. The monoisotopic (exact) mass is 252 g/mol. The number of nitrogens with zero attached hydrogens (tertiary/aromatic N) is 1. The van der Waals surface area contributed by atoms with Gasteiger partial charge in [-0.2, -0.15) is 0 Å². The van der Waals surface area contributed by atoms with Gasteiger partial charge >= 0.3 is 0 Å². The van der Waals surface area contributed by atoms with Crippen LogP contribution >= 0.6 is 23.2 Å². The molecule has 3 nitrogen and oxygen atoms in total. The van der Waals surface area contributed by atoms with Crippen LogP contribution in [0.3, 0.4) is 0 Å². The number of hydrogen-bond acceptors (Lipinski definition) is 2. The van der Waals surface area contributed by atoms with Gasteiger partial charge in [0.15, 0.2) is 5.15 Å². The highest BCUT2D eigenvalue weighted by Gasteiger charge is 2.08. The Morgan fingerprint density at radius 3 is 2.71 bits per heavy atom. The van der Waals surface area contributed by atoms with Crippen LogP contribution < -0.4 is 4.72 Å². The quantitative estimate of drug-likeness (QED) is 0.841. The molecule has 0 saturated carbocycles. The van der Waals surface area contributed by atoms with E-state index in [0.717, 1.165) is 5.56 Å². The van der Waals surface area contributed by atoms with Crippen LogP contribution in [0.2, 0.25) is 10.3 Å². The SMILES string of the molecule is CCS(=O)Nc1c(C)cc(Cl)nc1Cl. The number of aromatic nitrogens is 1. The lowest BCUT2D eigenvalue weighted by atomic mass is 10.3. The Morgan fingerprint density at radius 2 is 2.21 bits per heavy atom. The zero-order valence-electron chi connectivity index (χ0n) is 7.80. The first-order chi connectivity index (χ1) is 6.54. The highest BCUT2D eigenvalue weighted by Crippen LogP contribution is 2.26. The second-order valence-corrected chi connectivity index (χ2v) is 4.88. The Balaban J connectivity index is 3.02. The largest absolute Gasteiger partial charge is 0.302 e. The molecular weight excluding hydrogens is 243 g/mol. The predicted molar refractivity (Wildman–Crippen MR) is 61.3 cm³/mol. The van der Waals surface area contributed by atoms with Crippen LogP contribution in [0.25, 0.3) is 0 Å². The van der Waals surface area contributed by atoms with Crippen molar-refractivity contribution in [2.45, 2.75) is 13.8 Å². The highest BCUT2D eigenvalue weighted by molar-refractivity contribution is 7.86. The van der Waals surface area contributed by atoms with Gasteiger partial charge in [0.25, 0.3) is 0 Å². The van der Waals surface area contributed by atoms with Gasteiger partial charge in [0.1, 0.15) is 16.1 Å². The molecule has 1 unspecified atom stereocenters. The maximum atomic E-state index is 11.3. The summed E-state index contributed by atoms with van der Waals surface area (Å²) in [5.41, 5.74) is 1.41. The van der Waals surface area contributed by atoms with Gasteiger partial charge in [-0.3, -0.25) is 0 Å². The van der Waals surface area contributed by atoms with Gasteiger partial charge in [0.05, 0.1) is 5.69 Å². The average Bonchev–Trinajstić information content (AvgIpc) is 2.10. The summed E-state index contributed by atoms with van der Waals surface area (Å²) >= 11 is 11.5. The minimum atomic E-state index is -1.12. The van der Waals surface area contributed by atoms with Crippen molar-refractivity contribution in [3.05, 3.63) is 21.9 Å². The molecular formula is C8H10Cl2N2OS. The molecule has 14 heavy (non-hydrogen) atoms. The number of hydrogen-bond donors (Lipinski definition) is 1. The summed E-state index contributed by atoms with van der Waals surface area (Å²) in [5.74, 6) is 0.512. The van der Waals surface area contributed by atoms with E-state index < -0.39 is 11.0 Å². The number of pyridine rings is 1. The normalized spacial score (nSPS) is 12.6. The van der Waals surface area contributed by atoms with Crippen LogP contribution in [0.1, 0.15) is 12.5 Å². The lowest BCUT2D eigenvalue weighted by Crippen LogP contribution is -2.08. The van der Waals surface area contributed by atoms with Crippen LogP contribution in [0.4, 0.5) is 5.69 Å². The number of halogens is 2. The summed E-state index contributed by atoms with van der Waals surface area (Å²) in [4.78, 5) is 3.86. The first kappa shape index (κ1) is 11.8. The van der Waals surface area contributed by atoms with E-state index in [2.05, 4.69) is 9.71 Å². The third-order valence-electron chi connectivity index (χ3n) is 1.62. The molecule has 0 bridgehead atoms. The second-order valence-electron chi connectivity index (χ2n) is 2.66. The van der Waals surface area contributed by atoms with Crippen molar-refractivity contribution in [1.82, 2.24) is 4.98 Å². The van der Waals surface area contributed by atoms with Gasteiger partial charge in [-0.25, -0.2) is 9.19 Å². The number of rotatable bonds is 3. The third-order valence-corrected chi connectivity index (χ3v) is 3.04. The van der Waals surface area contributed by atoms with E-state index in [4.69, 9.17) is 23.2 Å². The topological polar surface area (TPSA) is 42.0 Å². The van der Waals surface area contributed by atoms with Gasteiger partial charge in [0.2, 0.25) is 0 Å². The molecule has 6 heteroatoms. The van der Waals surface area contributed by atoms with E-state index in [1.807, 2.05) is 13.8 Å². The Kier molecular flexibility index (Phi) is 4.16. The van der Waals surface area contributed by atoms with E-state index >= 15 is 0 Å². The maximum Gasteiger partial charge on any atom is 0.155 e. The first-order valence-electron chi connectivity index (χ1n) is 4.02. The van der Waals surface area contributed by atoms with Crippen LogP contribution in [-0.2, 0) is 11.0 Å². The average molecular weight is 253 g/mol. The van der Waals surface area contributed by atoms with Gasteiger partial charge in [-0.05, 0) is 18.6 Å². The molecule has 0 amide bonds. The molecule has 1 atom stereocenters. The van der Waals surface area contributed by atoms with Gasteiger partial charge in [-0.15, -0.1) is 0 Å². The lowest BCUT2D eigenvalue weighted by molar-refractivity contribution is 0.687. The molecule has 0 saturated heterocycles. The zero-order valence-corrected chi connectivity index (χ0v) is 10.1. The van der Waals surface area contributed by atoms with Gasteiger partial charge < -0.3 is 4.72 Å². The third kappa shape index (κ3) is 2.83. The molecule has 0 spiro atoms. The molecule has 0 radical (unpaired) electrons. The highest BCUT2D eigenvalue weighted by atomic mass is 35.5. The van der Waals surface area contributed by atoms with E-state index in [1.165, 1.54) is 0 Å². The molecule has 1 N–H and O–H groups in total. The van der Waals surface area contributed by atoms with Crippen molar-refractivity contribution in [2.24, 2.45) is 0 Å². The Bertz CT molecular complexity index is 347. The molecule has 1 rings (SSSR count). The minimum Gasteiger partial charge on any atom is -0.302 e. The van der Waals surface area contributed by atoms with Crippen molar-refractivity contribution in [3.63, 3.8) is 0 Å². The predicted octanol–water partition coefficient (Wildman–Crippen LogP) is 2.79. The molecule has 0 aliphatic carbocycles. The summed E-state index contributed by atoms with van der Waals surface area (Å²) in [6.07, 6.45) is 0. The summed E-state index contributed by atoms with van der Waals surface area (Å²) in [6, 6.07) is 1.67. The van der Waals surface area contributed by atoms with Crippen molar-refractivity contribution in [1.29, 1.82) is 0 Å². The smallest absolute Gasteiger partial charge is 0.155 e. The molecule has 1 aromatic rings. The van der Waals surface area contributed by atoms with Gasteiger partial charge in [0, 0.05) is 5.75 Å². The molecule has 0 aliphatic heterocycles. The maximum absolute atomic E-state index is 11.3. The molecule has 0 aromatic carbocycles. The number of anilines is 1. The van der Waals surface area contributed by atoms with Crippen molar-refractivity contribution in [3.8, 4) is 0 Å². The number of nitrogens with one attached hydrogen (secondary N) is 1. The molecule has 1 heterocycles. The first-order valence-corrected chi connectivity index (χ1v) is 6.09. The van der Waals surface area contributed by atoms with Crippen LogP contribution in [0.5, 0.6) is 0 Å². The summed E-state index contributed by atoms with van der Waals surface area (Å²) in [5, 5.41) is 0.581. The molecule has 78 valence electrons. The molecule has 0 fully saturated rings. The summed E-state index contributed by atoms with van der Waals surface area (Å²) < 4.78 is 14.0. The lowest BCUT2D eigenvalue weighted by Gasteiger charge is -2.09. The van der Waals surface area contributed by atoms with Crippen LogP contribution in [0, 0.1) is 6.92 Å².